The molecule has 0 fully saturated rings. The predicted molar refractivity (Wildman–Crippen MR) is 56.8 cm³/mol. The molecule has 0 aliphatic rings. The first-order valence-electron chi connectivity index (χ1n) is 4.39. The largest absolute Gasteiger partial charge is 0.290 e. The van der Waals surface area contributed by atoms with E-state index in [1.165, 1.54) is 18.2 Å². The van der Waals surface area contributed by atoms with Gasteiger partial charge in [-0.1, -0.05) is 0 Å². The fourth-order valence-electron chi connectivity index (χ4n) is 1.40. The predicted octanol–water partition coefficient (Wildman–Crippen LogP) is -1.18. The molecule has 2 rings (SSSR count). The molecule has 1 aromatic heterocycles. The first kappa shape index (κ1) is 10.1. The van der Waals surface area contributed by atoms with Crippen molar-refractivity contribution in [3.05, 3.63) is 44.5 Å². The van der Waals surface area contributed by atoms with Gasteiger partial charge in [-0.2, -0.15) is 0 Å². The first-order valence-corrected chi connectivity index (χ1v) is 4.39. The second kappa shape index (κ2) is 3.63. The van der Waals surface area contributed by atoms with Crippen molar-refractivity contribution in [1.29, 1.82) is 0 Å². The fraction of sp³-hybridized carbons (Fsp3) is 0. The van der Waals surface area contributed by atoms with Crippen molar-refractivity contribution in [3.8, 4) is 0 Å². The van der Waals surface area contributed by atoms with Crippen LogP contribution in [0.3, 0.4) is 0 Å². The number of hydrazine groups is 1. The van der Waals surface area contributed by atoms with Crippen molar-refractivity contribution in [2.45, 2.75) is 0 Å². The van der Waals surface area contributed by atoms with E-state index in [1.54, 1.807) is 0 Å². The molecule has 0 radical (unpaired) electrons. The van der Waals surface area contributed by atoms with Crippen molar-refractivity contribution in [3.63, 3.8) is 0 Å². The maximum absolute atomic E-state index is 11.4. The number of carbonyl (C=O) groups is 1. The Morgan fingerprint density at radius 3 is 2.38 bits per heavy atom. The number of amides is 1. The van der Waals surface area contributed by atoms with Crippen LogP contribution in [0.5, 0.6) is 0 Å². The summed E-state index contributed by atoms with van der Waals surface area (Å²) >= 11 is 0. The molecule has 2 aromatic rings. The van der Waals surface area contributed by atoms with Crippen molar-refractivity contribution >= 4 is 16.7 Å². The van der Waals surface area contributed by atoms with Gasteiger partial charge in [-0.3, -0.25) is 30.0 Å². The van der Waals surface area contributed by atoms with Gasteiger partial charge < -0.3 is 0 Å². The van der Waals surface area contributed by atoms with E-state index < -0.39 is 17.0 Å². The van der Waals surface area contributed by atoms with Crippen LogP contribution in [-0.2, 0) is 0 Å². The summed E-state index contributed by atoms with van der Waals surface area (Å²) in [5.74, 6) is 4.44. The van der Waals surface area contributed by atoms with Gasteiger partial charge in [-0.15, -0.1) is 0 Å². The van der Waals surface area contributed by atoms with Crippen LogP contribution in [-0.4, -0.2) is 16.1 Å². The molecule has 0 unspecified atom stereocenters. The molecule has 5 N–H and O–H groups in total. The van der Waals surface area contributed by atoms with Crippen LogP contribution < -0.4 is 22.4 Å². The molecule has 1 aromatic carbocycles. The summed E-state index contributed by atoms with van der Waals surface area (Å²) in [6.07, 6.45) is 0. The fourth-order valence-corrected chi connectivity index (χ4v) is 1.40. The van der Waals surface area contributed by atoms with Gasteiger partial charge in [0.25, 0.3) is 17.0 Å². The number of hydrogen-bond donors (Lipinski definition) is 4. The van der Waals surface area contributed by atoms with Crippen molar-refractivity contribution in [1.82, 2.24) is 15.6 Å². The average molecular weight is 220 g/mol. The molecule has 1 heterocycles. The summed E-state index contributed by atoms with van der Waals surface area (Å²) in [6, 6.07) is 4.12. The van der Waals surface area contributed by atoms with E-state index in [1.807, 2.05) is 5.43 Å². The molecule has 82 valence electrons. The summed E-state index contributed by atoms with van der Waals surface area (Å²) in [5, 5.41) is 4.72. The van der Waals surface area contributed by atoms with Crippen LogP contribution in [0.15, 0.2) is 27.8 Å². The van der Waals surface area contributed by atoms with Crippen molar-refractivity contribution in [2.75, 3.05) is 0 Å². The minimum absolute atomic E-state index is 0.143. The second-order valence-electron chi connectivity index (χ2n) is 3.14. The molecule has 7 heteroatoms. The van der Waals surface area contributed by atoms with Gasteiger partial charge in [-0.25, -0.2) is 5.84 Å². The molecule has 16 heavy (non-hydrogen) atoms. The number of carbonyl (C=O) groups excluding carboxylic acids is 1. The summed E-state index contributed by atoms with van der Waals surface area (Å²) in [7, 11) is 0. The Labute approximate surface area is 88.2 Å². The van der Waals surface area contributed by atoms with Crippen LogP contribution in [0, 0.1) is 0 Å². The highest BCUT2D eigenvalue weighted by molar-refractivity contribution is 5.97. The van der Waals surface area contributed by atoms with Crippen LogP contribution in [0.1, 0.15) is 10.4 Å². The van der Waals surface area contributed by atoms with Crippen molar-refractivity contribution in [2.24, 2.45) is 5.84 Å². The molecule has 0 aliphatic carbocycles. The SMILES string of the molecule is NNC(=O)c1ccc2c(=O)[nH][nH]c(=O)c2c1. The van der Waals surface area contributed by atoms with Gasteiger partial charge in [0.15, 0.2) is 0 Å². The highest BCUT2D eigenvalue weighted by Gasteiger charge is 2.08. The van der Waals surface area contributed by atoms with Gasteiger partial charge >= 0.3 is 0 Å². The van der Waals surface area contributed by atoms with E-state index in [2.05, 4.69) is 10.2 Å². The van der Waals surface area contributed by atoms with Crippen LogP contribution in [0.25, 0.3) is 10.8 Å². The number of aromatic nitrogens is 2. The summed E-state index contributed by atoms with van der Waals surface area (Å²) in [6.45, 7) is 0. The Kier molecular flexibility index (Phi) is 2.29. The van der Waals surface area contributed by atoms with Gasteiger partial charge in [-0.05, 0) is 18.2 Å². The Balaban J connectivity index is 2.81. The molecule has 0 atom stereocenters. The molecule has 0 aliphatic heterocycles. The standard InChI is InChI=1S/C9H8N4O3/c10-11-7(14)4-1-2-5-6(3-4)9(16)13-12-8(5)15/h1-3H,10H2,(H,11,14)(H,12,15)(H,13,16). The van der Waals surface area contributed by atoms with E-state index in [0.29, 0.717) is 0 Å². The van der Waals surface area contributed by atoms with Gasteiger partial charge in [0.2, 0.25) is 0 Å². The quantitative estimate of drug-likeness (QED) is 0.274. The Morgan fingerprint density at radius 1 is 1.12 bits per heavy atom. The minimum atomic E-state index is -0.526. The average Bonchev–Trinajstić information content (AvgIpc) is 2.32. The molecule has 1 amide bonds. The van der Waals surface area contributed by atoms with Crippen LogP contribution >= 0.6 is 0 Å². The number of benzene rings is 1. The highest BCUT2D eigenvalue weighted by Crippen LogP contribution is 2.07. The topological polar surface area (TPSA) is 121 Å². The monoisotopic (exact) mass is 220 g/mol. The van der Waals surface area contributed by atoms with Gasteiger partial charge in [0, 0.05) is 5.56 Å². The summed E-state index contributed by atoms with van der Waals surface area (Å²) < 4.78 is 0. The third-order valence-corrected chi connectivity index (χ3v) is 2.19. The Morgan fingerprint density at radius 2 is 1.75 bits per heavy atom. The number of nitrogens with one attached hydrogen (secondary N) is 3. The molecule has 0 bridgehead atoms. The van der Waals surface area contributed by atoms with E-state index in [9.17, 15) is 14.4 Å². The Hall–Kier alpha value is -2.41. The third-order valence-electron chi connectivity index (χ3n) is 2.19. The van der Waals surface area contributed by atoms with Gasteiger partial charge in [0.1, 0.15) is 0 Å². The number of nitrogens with two attached hydrogens (primary N) is 1. The number of fused-ring (bicyclic) bond motifs is 1. The molecule has 7 nitrogen and oxygen atoms in total. The second-order valence-corrected chi connectivity index (χ2v) is 3.14. The number of aromatic amines is 2. The van der Waals surface area contributed by atoms with Crippen molar-refractivity contribution < 1.29 is 4.79 Å². The summed E-state index contributed by atoms with van der Waals surface area (Å²) in [4.78, 5) is 34.0. The Bertz CT molecular complexity index is 670. The number of hydrogen-bond acceptors (Lipinski definition) is 4. The normalized spacial score (nSPS) is 10.3. The molecule has 0 saturated carbocycles. The lowest BCUT2D eigenvalue weighted by Gasteiger charge is -2.00. The zero-order chi connectivity index (χ0) is 11.7. The van der Waals surface area contributed by atoms with Gasteiger partial charge in [0.05, 0.1) is 10.8 Å². The van der Waals surface area contributed by atoms with E-state index >= 15 is 0 Å². The molecular weight excluding hydrogens is 212 g/mol. The smallest absolute Gasteiger partial charge is 0.270 e. The molecule has 0 spiro atoms. The lowest BCUT2D eigenvalue weighted by molar-refractivity contribution is 0.0954. The van der Waals surface area contributed by atoms with E-state index in [0.717, 1.165) is 0 Å². The highest BCUT2D eigenvalue weighted by atomic mass is 16.2. The minimum Gasteiger partial charge on any atom is -0.290 e. The van der Waals surface area contributed by atoms with Crippen LogP contribution in [0.4, 0.5) is 0 Å². The number of nitrogen functional groups attached to an aromatic ring is 1. The first-order chi connectivity index (χ1) is 7.63. The van der Waals surface area contributed by atoms with E-state index in [4.69, 9.17) is 5.84 Å². The number of rotatable bonds is 1. The lowest BCUT2D eigenvalue weighted by atomic mass is 10.1. The molecular formula is C9H8N4O3. The maximum Gasteiger partial charge on any atom is 0.270 e. The third kappa shape index (κ3) is 1.48. The van der Waals surface area contributed by atoms with Crippen LogP contribution in [0.2, 0.25) is 0 Å². The summed E-state index contributed by atoms with van der Waals surface area (Å²) in [5.41, 5.74) is 1.26. The lowest BCUT2D eigenvalue weighted by Crippen LogP contribution is -2.30. The molecule has 0 saturated heterocycles. The number of H-pyrrole nitrogens is 2. The zero-order valence-corrected chi connectivity index (χ0v) is 8.03. The maximum atomic E-state index is 11.4. The zero-order valence-electron chi connectivity index (χ0n) is 8.03. The van der Waals surface area contributed by atoms with E-state index in [-0.39, 0.29) is 16.3 Å².